The van der Waals surface area contributed by atoms with Crippen LogP contribution in [0.1, 0.15) is 122 Å². The van der Waals surface area contributed by atoms with Crippen molar-refractivity contribution in [1.29, 1.82) is 0 Å². The van der Waals surface area contributed by atoms with Crippen LogP contribution in [0.2, 0.25) is 0 Å². The number of hydrogen-bond donors (Lipinski definition) is 2. The summed E-state index contributed by atoms with van der Waals surface area (Å²) in [5.41, 5.74) is 4.75. The highest BCUT2D eigenvalue weighted by Gasteiger charge is 2.70. The number of fused-ring (bicyclic) bond motifs is 7. The van der Waals surface area contributed by atoms with Gasteiger partial charge in [0.25, 0.3) is 0 Å². The summed E-state index contributed by atoms with van der Waals surface area (Å²) in [6, 6.07) is 7.75. The van der Waals surface area contributed by atoms with Crippen molar-refractivity contribution in [3.8, 4) is 0 Å². The van der Waals surface area contributed by atoms with Crippen LogP contribution in [0.25, 0.3) is 5.57 Å². The molecule has 1 aromatic rings. The monoisotopic (exact) mass is 669 g/mol. The van der Waals surface area contributed by atoms with Crippen molar-refractivity contribution in [2.45, 2.75) is 111 Å². The fourth-order valence-corrected chi connectivity index (χ4v) is 13.8. The van der Waals surface area contributed by atoms with Crippen LogP contribution in [-0.2, 0) is 0 Å². The van der Waals surface area contributed by atoms with Crippen LogP contribution in [-0.4, -0.2) is 65.7 Å². The lowest BCUT2D eigenvalue weighted by atomic mass is 9.33. The van der Waals surface area contributed by atoms with Crippen LogP contribution in [0.15, 0.2) is 42.5 Å². The molecule has 5 fully saturated rings. The van der Waals surface area contributed by atoms with Crippen molar-refractivity contribution in [3.63, 3.8) is 0 Å². The molecule has 1 heterocycles. The summed E-state index contributed by atoms with van der Waals surface area (Å²) in [6.07, 6.45) is 14.1. The summed E-state index contributed by atoms with van der Waals surface area (Å²) in [6.45, 7) is 23.4. The van der Waals surface area contributed by atoms with Gasteiger partial charge < -0.3 is 20.2 Å². The number of hydrogen-bond acceptors (Lipinski definition) is 3. The Hall–Kier alpha value is -2.60. The van der Waals surface area contributed by atoms with Gasteiger partial charge in [-0.1, -0.05) is 65.0 Å². The van der Waals surface area contributed by atoms with Crippen LogP contribution < -0.4 is 5.32 Å². The van der Waals surface area contributed by atoms with Crippen molar-refractivity contribution in [1.82, 2.24) is 15.1 Å². The summed E-state index contributed by atoms with van der Waals surface area (Å²) in [4.78, 5) is 30.1. The zero-order valence-electron chi connectivity index (χ0n) is 31.5. The van der Waals surface area contributed by atoms with Crippen LogP contribution >= 0.6 is 0 Å². The molecular formula is C43H63N3O3. The Morgan fingerprint density at radius 2 is 1.59 bits per heavy atom. The average Bonchev–Trinajstić information content (AvgIpc) is 3.28. The molecule has 7 rings (SSSR count). The molecule has 9 atom stereocenters. The summed E-state index contributed by atoms with van der Waals surface area (Å²) in [5.74, 6) is 1.85. The summed E-state index contributed by atoms with van der Waals surface area (Å²) < 4.78 is 0. The van der Waals surface area contributed by atoms with Crippen molar-refractivity contribution < 1.29 is 14.7 Å². The lowest BCUT2D eigenvalue weighted by Gasteiger charge is -2.72. The van der Waals surface area contributed by atoms with Crippen LogP contribution in [0.3, 0.4) is 0 Å². The van der Waals surface area contributed by atoms with E-state index in [0.717, 1.165) is 58.3 Å². The number of nitrogens with one attached hydrogen (secondary N) is 1. The van der Waals surface area contributed by atoms with E-state index in [-0.39, 0.29) is 33.2 Å². The molecule has 0 bridgehead atoms. The van der Waals surface area contributed by atoms with Gasteiger partial charge in [-0.05, 0) is 159 Å². The molecule has 6 heteroatoms. The summed E-state index contributed by atoms with van der Waals surface area (Å²) in [5, 5.41) is 13.3. The maximum atomic E-state index is 14.0. The Labute approximate surface area is 296 Å². The topological polar surface area (TPSA) is 72.9 Å². The highest BCUT2D eigenvalue weighted by atomic mass is 16.4. The van der Waals surface area contributed by atoms with Crippen molar-refractivity contribution >= 4 is 17.6 Å². The molecule has 0 aromatic heterocycles. The van der Waals surface area contributed by atoms with E-state index in [4.69, 9.17) is 0 Å². The first-order valence-electron chi connectivity index (χ1n) is 19.5. The molecule has 0 radical (unpaired) electrons. The van der Waals surface area contributed by atoms with Crippen molar-refractivity contribution in [3.05, 3.63) is 53.6 Å². The van der Waals surface area contributed by atoms with Gasteiger partial charge in [-0.2, -0.15) is 0 Å². The van der Waals surface area contributed by atoms with E-state index in [1.807, 2.05) is 12.1 Å². The molecule has 1 aliphatic heterocycles. The smallest absolute Gasteiger partial charge is 0.335 e. The van der Waals surface area contributed by atoms with E-state index in [0.29, 0.717) is 35.2 Å². The molecule has 268 valence electrons. The largest absolute Gasteiger partial charge is 0.478 e. The maximum absolute atomic E-state index is 14.0. The highest BCUT2D eigenvalue weighted by Crippen LogP contribution is 2.76. The minimum absolute atomic E-state index is 0.00145. The summed E-state index contributed by atoms with van der Waals surface area (Å²) in [7, 11) is 2.17. The fraction of sp³-hybridized carbons (Fsp3) is 0.721. The quantitative estimate of drug-likeness (QED) is 0.314. The Kier molecular flexibility index (Phi) is 8.52. The van der Waals surface area contributed by atoms with Gasteiger partial charge in [0.1, 0.15) is 0 Å². The zero-order valence-corrected chi connectivity index (χ0v) is 31.5. The molecular weight excluding hydrogens is 606 g/mol. The van der Waals surface area contributed by atoms with E-state index >= 15 is 0 Å². The number of carboxylic acid groups (broad SMARTS) is 1. The second kappa shape index (κ2) is 12.0. The number of nitrogens with zero attached hydrogens (tertiary/aromatic N) is 2. The van der Waals surface area contributed by atoms with Gasteiger partial charge in [0.15, 0.2) is 0 Å². The zero-order chi connectivity index (χ0) is 35.1. The number of benzene rings is 1. The first-order valence-corrected chi connectivity index (χ1v) is 19.5. The van der Waals surface area contributed by atoms with Crippen LogP contribution in [0.4, 0.5) is 4.79 Å². The van der Waals surface area contributed by atoms with E-state index in [2.05, 4.69) is 76.4 Å². The number of urea groups is 1. The second-order valence-corrected chi connectivity index (χ2v) is 18.8. The molecule has 1 saturated heterocycles. The van der Waals surface area contributed by atoms with Gasteiger partial charge >= 0.3 is 12.0 Å². The van der Waals surface area contributed by atoms with E-state index in [1.54, 1.807) is 12.1 Å². The van der Waals surface area contributed by atoms with Crippen LogP contribution in [0, 0.1) is 51.2 Å². The highest BCUT2D eigenvalue weighted by molar-refractivity contribution is 5.88. The number of amides is 2. The van der Waals surface area contributed by atoms with Crippen molar-refractivity contribution in [2.75, 3.05) is 33.2 Å². The molecule has 2 amide bonds. The third-order valence-corrected chi connectivity index (χ3v) is 16.4. The standard InChI is InChI=1S/C43H63N3O3/c1-28(2)31-16-21-43(44-38(49)46-25-9-24-45(8)26-27-46)23-22-41(6)33(36(31)43)14-15-35-40(5)19-17-32(29-10-12-30(13-11-29)37(47)48)39(3,4)34(40)18-20-42(35,41)7/h10-13,17,31,33-36H,1,9,14-16,18-27H2,2-8H3,(H,44,49)(H,47,48)/t31-,33+,34-,35+,36+,40-,41+,42+,43-/m0/s1. The predicted octanol–water partition coefficient (Wildman–Crippen LogP) is 9.14. The number of carbonyl (C=O) groups is 2. The number of aromatic carboxylic acids is 1. The van der Waals surface area contributed by atoms with E-state index in [1.165, 1.54) is 48.8 Å². The lowest BCUT2D eigenvalue weighted by molar-refractivity contribution is -0.218. The Balaban J connectivity index is 1.19. The van der Waals surface area contributed by atoms with Gasteiger partial charge in [0, 0.05) is 25.2 Å². The molecule has 2 N–H and O–H groups in total. The van der Waals surface area contributed by atoms with Crippen LogP contribution in [0.5, 0.6) is 0 Å². The second-order valence-electron chi connectivity index (χ2n) is 18.8. The normalized spacial score (nSPS) is 41.7. The molecule has 1 aromatic carbocycles. The SMILES string of the molecule is C=C(C)[C@@H]1CC[C@]2(NC(=O)N3CCCN(C)CC3)CC[C@]3(C)[C@H](CC[C@@H]4[C@@]5(C)CC=C(c6ccc(C(=O)O)cc6)C(C)(C)[C@@H]5CC[C@]43C)[C@@H]12. The van der Waals surface area contributed by atoms with Gasteiger partial charge in [0.2, 0.25) is 0 Å². The van der Waals surface area contributed by atoms with Gasteiger partial charge in [0.05, 0.1) is 5.56 Å². The molecule has 0 spiro atoms. The molecule has 49 heavy (non-hydrogen) atoms. The minimum Gasteiger partial charge on any atom is -0.478 e. The number of allylic oxidation sites excluding steroid dienone is 3. The van der Waals surface area contributed by atoms with Crippen molar-refractivity contribution in [2.24, 2.45) is 51.2 Å². The predicted molar refractivity (Wildman–Crippen MR) is 198 cm³/mol. The molecule has 0 unspecified atom stereocenters. The first-order chi connectivity index (χ1) is 23.1. The number of carboxylic acids is 1. The molecule has 6 nitrogen and oxygen atoms in total. The number of likely N-dealkylation sites (N-methyl/N-ethyl adjacent to an activating group) is 1. The van der Waals surface area contributed by atoms with Gasteiger partial charge in [-0.15, -0.1) is 0 Å². The molecule has 6 aliphatic rings. The summed E-state index contributed by atoms with van der Waals surface area (Å²) >= 11 is 0. The molecule has 5 aliphatic carbocycles. The fourth-order valence-electron chi connectivity index (χ4n) is 13.8. The third-order valence-electron chi connectivity index (χ3n) is 16.4. The Bertz CT molecular complexity index is 1530. The van der Waals surface area contributed by atoms with E-state index in [9.17, 15) is 14.7 Å². The minimum atomic E-state index is -0.869. The van der Waals surface area contributed by atoms with Gasteiger partial charge in [-0.3, -0.25) is 0 Å². The van der Waals surface area contributed by atoms with Gasteiger partial charge in [-0.25, -0.2) is 9.59 Å². The average molecular weight is 670 g/mol. The third kappa shape index (κ3) is 5.19. The van der Waals surface area contributed by atoms with E-state index < -0.39 is 5.97 Å². The first kappa shape index (κ1) is 34.8. The maximum Gasteiger partial charge on any atom is 0.335 e. The lowest BCUT2D eigenvalue weighted by Crippen LogP contribution is -2.68. The number of carbonyl (C=O) groups excluding carboxylic acids is 1. The Morgan fingerprint density at radius 1 is 0.857 bits per heavy atom. The molecule has 4 saturated carbocycles. The Morgan fingerprint density at radius 3 is 2.29 bits per heavy atom. The number of rotatable bonds is 4.